The van der Waals surface area contributed by atoms with Crippen LogP contribution in [-0.4, -0.2) is 34.5 Å². The topological polar surface area (TPSA) is 118 Å². The molecule has 0 atom stereocenters. The van der Waals surface area contributed by atoms with Crippen molar-refractivity contribution >= 4 is 25.8 Å². The maximum atomic E-state index is 12.7. The van der Waals surface area contributed by atoms with Crippen LogP contribution in [0, 0.1) is 6.92 Å². The lowest BCUT2D eigenvalue weighted by Gasteiger charge is -2.13. The van der Waals surface area contributed by atoms with Gasteiger partial charge in [0.25, 0.3) is 0 Å². The molecule has 0 spiro atoms. The Morgan fingerprint density at radius 1 is 0.960 bits per heavy atom. The van der Waals surface area contributed by atoms with Crippen LogP contribution in [0.1, 0.15) is 12.0 Å². The zero-order valence-corrected chi connectivity index (χ0v) is 15.0. The van der Waals surface area contributed by atoms with E-state index in [1.807, 2.05) is 0 Å². The Kier molecular flexibility index (Phi) is 5.61. The van der Waals surface area contributed by atoms with Gasteiger partial charge < -0.3 is 5.11 Å². The van der Waals surface area contributed by atoms with E-state index in [4.69, 9.17) is 5.11 Å². The highest BCUT2D eigenvalue weighted by molar-refractivity contribution is 7.92. The van der Waals surface area contributed by atoms with Crippen LogP contribution in [0.25, 0.3) is 0 Å². The van der Waals surface area contributed by atoms with Gasteiger partial charge in [-0.25, -0.2) is 21.6 Å². The highest BCUT2D eigenvalue weighted by Crippen LogP contribution is 2.27. The molecule has 0 unspecified atom stereocenters. The molecule has 0 aromatic heterocycles. The third-order valence-electron chi connectivity index (χ3n) is 3.50. The lowest BCUT2D eigenvalue weighted by atomic mass is 10.2. The minimum absolute atomic E-state index is 0.0616. The number of carbonyl (C=O) groups is 1. The second-order valence-corrected chi connectivity index (χ2v) is 8.89. The van der Waals surface area contributed by atoms with Crippen LogP contribution in [0.4, 0.5) is 0 Å². The Hall–Kier alpha value is -2.23. The molecule has 0 aliphatic carbocycles. The maximum absolute atomic E-state index is 12.7. The smallest absolute Gasteiger partial charge is 0.304 e. The molecule has 0 heterocycles. The molecule has 0 amide bonds. The first-order chi connectivity index (χ1) is 11.7. The fourth-order valence-electron chi connectivity index (χ4n) is 2.27. The summed E-state index contributed by atoms with van der Waals surface area (Å²) in [7, 11) is -7.90. The Labute approximate surface area is 146 Å². The van der Waals surface area contributed by atoms with Crippen molar-refractivity contribution in [3.05, 3.63) is 54.1 Å². The quantitative estimate of drug-likeness (QED) is 0.749. The van der Waals surface area contributed by atoms with E-state index in [1.54, 1.807) is 18.2 Å². The summed E-state index contributed by atoms with van der Waals surface area (Å²) in [6.45, 7) is 1.12. The number of sulfone groups is 1. The number of carboxylic acids is 1. The van der Waals surface area contributed by atoms with Crippen LogP contribution in [0.3, 0.4) is 0 Å². The minimum atomic E-state index is -4.03. The van der Waals surface area contributed by atoms with Crippen LogP contribution in [-0.2, 0) is 24.7 Å². The Balaban J connectivity index is 2.46. The average Bonchev–Trinajstić information content (AvgIpc) is 2.55. The fraction of sp³-hybridized carbons (Fsp3) is 0.188. The van der Waals surface area contributed by atoms with E-state index in [0.717, 1.165) is 0 Å². The van der Waals surface area contributed by atoms with Gasteiger partial charge >= 0.3 is 5.97 Å². The van der Waals surface area contributed by atoms with Crippen LogP contribution in [0.5, 0.6) is 0 Å². The maximum Gasteiger partial charge on any atom is 0.304 e. The van der Waals surface area contributed by atoms with Crippen LogP contribution >= 0.6 is 0 Å². The highest BCUT2D eigenvalue weighted by Gasteiger charge is 2.25. The molecule has 134 valence electrons. The largest absolute Gasteiger partial charge is 0.481 e. The van der Waals surface area contributed by atoms with E-state index in [9.17, 15) is 21.6 Å². The van der Waals surface area contributed by atoms with E-state index in [1.165, 1.54) is 37.3 Å². The van der Waals surface area contributed by atoms with Crippen molar-refractivity contribution in [1.29, 1.82) is 0 Å². The molecule has 2 aromatic rings. The molecule has 0 fully saturated rings. The molecular weight excluding hydrogens is 366 g/mol. The normalized spacial score (nSPS) is 12.0. The van der Waals surface area contributed by atoms with Crippen molar-refractivity contribution in [3.8, 4) is 0 Å². The summed E-state index contributed by atoms with van der Waals surface area (Å²) in [5.74, 6) is -1.14. The standard InChI is InChI=1S/C16H17NO6S2/c1-12-14(24(20,21)13-6-3-2-4-7-13)8-5-9-15(12)25(22,23)17-11-10-16(18)19/h2-9,17H,10-11H2,1H3,(H,18,19). The monoisotopic (exact) mass is 383 g/mol. The summed E-state index contributed by atoms with van der Waals surface area (Å²) in [5, 5.41) is 8.60. The number of nitrogens with one attached hydrogen (secondary N) is 1. The van der Waals surface area contributed by atoms with Gasteiger partial charge in [0, 0.05) is 6.54 Å². The van der Waals surface area contributed by atoms with Crippen molar-refractivity contribution in [2.45, 2.75) is 28.0 Å². The molecule has 0 bridgehead atoms. The summed E-state index contributed by atoms with van der Waals surface area (Å²) in [5.41, 5.74) is 0.0779. The predicted octanol–water partition coefficient (Wildman–Crippen LogP) is 1.58. The number of rotatable bonds is 7. The predicted molar refractivity (Wildman–Crippen MR) is 90.5 cm³/mol. The second-order valence-electron chi connectivity index (χ2n) is 5.24. The third-order valence-corrected chi connectivity index (χ3v) is 7.02. The summed E-state index contributed by atoms with van der Waals surface area (Å²) in [4.78, 5) is 10.3. The summed E-state index contributed by atoms with van der Waals surface area (Å²) in [6, 6.07) is 11.7. The number of aliphatic carboxylic acids is 1. The Morgan fingerprint density at radius 2 is 1.56 bits per heavy atom. The minimum Gasteiger partial charge on any atom is -0.481 e. The fourth-order valence-corrected chi connectivity index (χ4v) is 5.18. The molecule has 0 saturated carbocycles. The van der Waals surface area contributed by atoms with E-state index in [-0.39, 0.29) is 33.2 Å². The van der Waals surface area contributed by atoms with Gasteiger partial charge in [0.05, 0.1) is 21.1 Å². The SMILES string of the molecule is Cc1c(S(=O)(=O)NCCC(=O)O)cccc1S(=O)(=O)c1ccccc1. The van der Waals surface area contributed by atoms with Gasteiger partial charge in [-0.1, -0.05) is 24.3 Å². The van der Waals surface area contributed by atoms with E-state index in [2.05, 4.69) is 4.72 Å². The van der Waals surface area contributed by atoms with E-state index < -0.39 is 25.8 Å². The first-order valence-electron chi connectivity index (χ1n) is 7.27. The number of hydrogen-bond acceptors (Lipinski definition) is 5. The molecule has 7 nitrogen and oxygen atoms in total. The van der Waals surface area contributed by atoms with Crippen LogP contribution in [0.15, 0.2) is 63.2 Å². The molecule has 0 radical (unpaired) electrons. The van der Waals surface area contributed by atoms with Gasteiger partial charge in [-0.3, -0.25) is 4.79 Å². The Bertz CT molecular complexity index is 983. The zero-order chi connectivity index (χ0) is 18.7. The first-order valence-corrected chi connectivity index (χ1v) is 10.2. The molecule has 0 aliphatic heterocycles. The van der Waals surface area contributed by atoms with Crippen molar-refractivity contribution < 1.29 is 26.7 Å². The van der Waals surface area contributed by atoms with Crippen molar-refractivity contribution in [1.82, 2.24) is 4.72 Å². The van der Waals surface area contributed by atoms with Crippen LogP contribution < -0.4 is 4.72 Å². The van der Waals surface area contributed by atoms with Gasteiger partial charge in [0.1, 0.15) is 0 Å². The van der Waals surface area contributed by atoms with Crippen molar-refractivity contribution in [2.24, 2.45) is 0 Å². The van der Waals surface area contributed by atoms with Crippen molar-refractivity contribution in [3.63, 3.8) is 0 Å². The molecule has 2 rings (SSSR count). The van der Waals surface area contributed by atoms with Gasteiger partial charge in [0.2, 0.25) is 19.9 Å². The molecular formula is C16H17NO6S2. The van der Waals surface area contributed by atoms with E-state index in [0.29, 0.717) is 0 Å². The lowest BCUT2D eigenvalue weighted by molar-refractivity contribution is -0.136. The molecule has 9 heteroatoms. The van der Waals surface area contributed by atoms with Gasteiger partial charge in [-0.15, -0.1) is 0 Å². The summed E-state index contributed by atoms with van der Waals surface area (Å²) in [6.07, 6.45) is -0.375. The van der Waals surface area contributed by atoms with E-state index >= 15 is 0 Å². The molecule has 0 saturated heterocycles. The summed E-state index contributed by atoms with van der Waals surface area (Å²) >= 11 is 0. The molecule has 2 N–H and O–H groups in total. The molecule has 0 aliphatic rings. The molecule has 2 aromatic carbocycles. The second kappa shape index (κ2) is 7.34. The van der Waals surface area contributed by atoms with Crippen molar-refractivity contribution in [2.75, 3.05) is 6.54 Å². The number of sulfonamides is 1. The van der Waals surface area contributed by atoms with Gasteiger partial charge in [-0.05, 0) is 36.8 Å². The zero-order valence-electron chi connectivity index (χ0n) is 13.3. The highest BCUT2D eigenvalue weighted by atomic mass is 32.2. The summed E-state index contributed by atoms with van der Waals surface area (Å²) < 4.78 is 52.4. The number of hydrogen-bond donors (Lipinski definition) is 2. The number of carboxylic acid groups (broad SMARTS) is 1. The number of benzene rings is 2. The molecule has 25 heavy (non-hydrogen) atoms. The third kappa shape index (κ3) is 4.25. The lowest BCUT2D eigenvalue weighted by Crippen LogP contribution is -2.27. The van der Waals surface area contributed by atoms with Crippen LogP contribution in [0.2, 0.25) is 0 Å². The first kappa shape index (κ1) is 19.1. The van der Waals surface area contributed by atoms with Gasteiger partial charge in [0.15, 0.2) is 0 Å². The van der Waals surface area contributed by atoms with Gasteiger partial charge in [-0.2, -0.15) is 0 Å². The Morgan fingerprint density at radius 3 is 2.16 bits per heavy atom. The average molecular weight is 383 g/mol.